The fourth-order valence-corrected chi connectivity index (χ4v) is 3.08. The van der Waals surface area contributed by atoms with Gasteiger partial charge in [-0.2, -0.15) is 0 Å². The lowest BCUT2D eigenvalue weighted by atomic mass is 9.95. The number of allylic oxidation sites excluding steroid dienone is 1. The summed E-state index contributed by atoms with van der Waals surface area (Å²) in [5.74, 6) is 0.225. The summed E-state index contributed by atoms with van der Waals surface area (Å²) in [4.78, 5) is 26.3. The largest absolute Gasteiger partial charge is 0.489 e. The quantitative estimate of drug-likeness (QED) is 0.774. The van der Waals surface area contributed by atoms with Crippen molar-refractivity contribution in [3.63, 3.8) is 0 Å². The molecule has 1 aliphatic heterocycles. The second kappa shape index (κ2) is 8.61. The van der Waals surface area contributed by atoms with Gasteiger partial charge in [-0.3, -0.25) is 0 Å². The molecule has 2 aromatic carbocycles. The molecule has 0 aromatic heterocycles. The van der Waals surface area contributed by atoms with E-state index in [1.54, 1.807) is 20.9 Å². The number of rotatable bonds is 6. The average Bonchev–Trinajstić information content (AvgIpc) is 2.71. The molecular weight excluding hydrogens is 356 g/mol. The summed E-state index contributed by atoms with van der Waals surface area (Å²) in [6.45, 7) is 4.20. The van der Waals surface area contributed by atoms with Crippen LogP contribution in [0.2, 0.25) is 0 Å². The van der Waals surface area contributed by atoms with Gasteiger partial charge in [0, 0.05) is 12.7 Å². The standard InChI is InChI=1S/C22H24N2O4/c1-4-27-21(25)19-15(2)24(3)22(26)23-20(19)17-11-8-12-18(13-17)28-14-16-9-6-5-7-10-16/h5-13,20H,4,14H2,1-3H3,(H,23,26). The van der Waals surface area contributed by atoms with Crippen molar-refractivity contribution in [2.45, 2.75) is 26.5 Å². The van der Waals surface area contributed by atoms with E-state index in [0.29, 0.717) is 23.6 Å². The number of urea groups is 1. The molecule has 1 aliphatic rings. The summed E-state index contributed by atoms with van der Waals surface area (Å²) in [7, 11) is 1.62. The molecule has 2 aromatic rings. The molecule has 28 heavy (non-hydrogen) atoms. The molecule has 0 spiro atoms. The Morgan fingerprint density at radius 2 is 1.89 bits per heavy atom. The lowest BCUT2D eigenvalue weighted by molar-refractivity contribution is -0.139. The number of esters is 1. The Balaban J connectivity index is 1.88. The van der Waals surface area contributed by atoms with Gasteiger partial charge in [0.05, 0.1) is 18.2 Å². The molecule has 0 bridgehead atoms. The van der Waals surface area contributed by atoms with Crippen LogP contribution in [0.3, 0.4) is 0 Å². The SMILES string of the molecule is CCOC(=O)C1=C(C)N(C)C(=O)NC1c1cccc(OCc2ccccc2)c1. The van der Waals surface area contributed by atoms with Crippen LogP contribution in [0.15, 0.2) is 65.9 Å². The Labute approximate surface area is 164 Å². The van der Waals surface area contributed by atoms with Crippen LogP contribution < -0.4 is 10.1 Å². The van der Waals surface area contributed by atoms with Gasteiger partial charge in [-0.05, 0) is 37.1 Å². The first kappa shape index (κ1) is 19.5. The van der Waals surface area contributed by atoms with Crippen LogP contribution in [0.25, 0.3) is 0 Å². The zero-order valence-electron chi connectivity index (χ0n) is 16.3. The van der Waals surface area contributed by atoms with Crippen LogP contribution in [-0.2, 0) is 16.1 Å². The van der Waals surface area contributed by atoms with Crippen molar-refractivity contribution in [2.24, 2.45) is 0 Å². The Hall–Kier alpha value is -3.28. The van der Waals surface area contributed by atoms with Crippen molar-refractivity contribution in [1.82, 2.24) is 10.2 Å². The predicted molar refractivity (Wildman–Crippen MR) is 106 cm³/mol. The topological polar surface area (TPSA) is 67.9 Å². The number of benzene rings is 2. The van der Waals surface area contributed by atoms with Gasteiger partial charge in [0.1, 0.15) is 12.4 Å². The third-order valence-electron chi connectivity index (χ3n) is 4.69. The molecule has 3 rings (SSSR count). The van der Waals surface area contributed by atoms with Crippen LogP contribution in [0, 0.1) is 0 Å². The van der Waals surface area contributed by atoms with Gasteiger partial charge >= 0.3 is 12.0 Å². The summed E-state index contributed by atoms with van der Waals surface area (Å²) in [6, 6.07) is 16.4. The van der Waals surface area contributed by atoms with E-state index in [9.17, 15) is 9.59 Å². The maximum absolute atomic E-state index is 12.6. The van der Waals surface area contributed by atoms with Crippen molar-refractivity contribution in [3.8, 4) is 5.75 Å². The molecule has 1 heterocycles. The fourth-order valence-electron chi connectivity index (χ4n) is 3.08. The van der Waals surface area contributed by atoms with Crippen LogP contribution in [0.4, 0.5) is 4.79 Å². The molecule has 0 radical (unpaired) electrons. The highest BCUT2D eigenvalue weighted by atomic mass is 16.5. The summed E-state index contributed by atoms with van der Waals surface area (Å²) < 4.78 is 11.1. The summed E-state index contributed by atoms with van der Waals surface area (Å²) in [6.07, 6.45) is 0. The van der Waals surface area contributed by atoms with E-state index in [1.165, 1.54) is 4.90 Å². The van der Waals surface area contributed by atoms with Crippen LogP contribution in [0.1, 0.15) is 31.0 Å². The second-order valence-corrected chi connectivity index (χ2v) is 6.51. The van der Waals surface area contributed by atoms with E-state index in [1.807, 2.05) is 54.6 Å². The molecule has 0 fully saturated rings. The van der Waals surface area contributed by atoms with Gasteiger partial charge in [-0.1, -0.05) is 42.5 Å². The minimum atomic E-state index is -0.594. The van der Waals surface area contributed by atoms with Crippen molar-refractivity contribution < 1.29 is 19.1 Å². The van der Waals surface area contributed by atoms with E-state index in [2.05, 4.69) is 5.32 Å². The number of nitrogens with zero attached hydrogens (tertiary/aromatic N) is 1. The van der Waals surface area contributed by atoms with Gasteiger partial charge < -0.3 is 19.7 Å². The predicted octanol–water partition coefficient (Wildman–Crippen LogP) is 3.80. The molecule has 0 saturated carbocycles. The normalized spacial score (nSPS) is 16.6. The smallest absolute Gasteiger partial charge is 0.338 e. The van der Waals surface area contributed by atoms with E-state index in [4.69, 9.17) is 9.47 Å². The maximum Gasteiger partial charge on any atom is 0.338 e. The van der Waals surface area contributed by atoms with Crippen molar-refractivity contribution in [2.75, 3.05) is 13.7 Å². The van der Waals surface area contributed by atoms with Crippen molar-refractivity contribution in [3.05, 3.63) is 77.0 Å². The number of hydrogen-bond acceptors (Lipinski definition) is 4. The van der Waals surface area contributed by atoms with E-state index in [0.717, 1.165) is 11.1 Å². The third kappa shape index (κ3) is 4.17. The van der Waals surface area contributed by atoms with E-state index < -0.39 is 12.0 Å². The lowest BCUT2D eigenvalue weighted by Crippen LogP contribution is -2.46. The highest BCUT2D eigenvalue weighted by Crippen LogP contribution is 2.32. The molecular formula is C22H24N2O4. The average molecular weight is 380 g/mol. The molecule has 6 nitrogen and oxygen atoms in total. The van der Waals surface area contributed by atoms with Gasteiger partial charge in [0.25, 0.3) is 0 Å². The molecule has 146 valence electrons. The lowest BCUT2D eigenvalue weighted by Gasteiger charge is -2.33. The van der Waals surface area contributed by atoms with Gasteiger partial charge in [-0.15, -0.1) is 0 Å². The minimum Gasteiger partial charge on any atom is -0.489 e. The number of ether oxygens (including phenoxy) is 2. The molecule has 0 aliphatic carbocycles. The number of carbonyl (C=O) groups excluding carboxylic acids is 2. The van der Waals surface area contributed by atoms with Crippen molar-refractivity contribution in [1.29, 1.82) is 0 Å². The van der Waals surface area contributed by atoms with Gasteiger partial charge in [0.15, 0.2) is 0 Å². The number of hydrogen-bond donors (Lipinski definition) is 1. The highest BCUT2D eigenvalue weighted by Gasteiger charge is 2.35. The zero-order valence-corrected chi connectivity index (χ0v) is 16.3. The van der Waals surface area contributed by atoms with E-state index in [-0.39, 0.29) is 12.6 Å². The number of nitrogens with one attached hydrogen (secondary N) is 1. The molecule has 6 heteroatoms. The number of carbonyl (C=O) groups is 2. The molecule has 0 saturated heterocycles. The molecule has 1 atom stereocenters. The minimum absolute atomic E-state index is 0.264. The zero-order chi connectivity index (χ0) is 20.1. The Morgan fingerprint density at radius 1 is 1.14 bits per heavy atom. The monoisotopic (exact) mass is 380 g/mol. The van der Waals surface area contributed by atoms with Gasteiger partial charge in [-0.25, -0.2) is 9.59 Å². The fraction of sp³-hybridized carbons (Fsp3) is 0.273. The Morgan fingerprint density at radius 3 is 2.61 bits per heavy atom. The third-order valence-corrected chi connectivity index (χ3v) is 4.69. The first-order valence-electron chi connectivity index (χ1n) is 9.20. The molecule has 2 amide bonds. The molecule has 1 unspecified atom stereocenters. The summed E-state index contributed by atoms with van der Waals surface area (Å²) >= 11 is 0. The maximum atomic E-state index is 12.6. The van der Waals surface area contributed by atoms with Crippen LogP contribution in [0.5, 0.6) is 5.75 Å². The van der Waals surface area contributed by atoms with Crippen LogP contribution in [-0.4, -0.2) is 30.6 Å². The highest BCUT2D eigenvalue weighted by molar-refractivity contribution is 5.95. The second-order valence-electron chi connectivity index (χ2n) is 6.51. The van der Waals surface area contributed by atoms with Crippen molar-refractivity contribution >= 4 is 12.0 Å². The number of amides is 2. The summed E-state index contributed by atoms with van der Waals surface area (Å²) in [5, 5.41) is 2.88. The van der Waals surface area contributed by atoms with Gasteiger partial charge in [0.2, 0.25) is 0 Å². The first-order valence-corrected chi connectivity index (χ1v) is 9.20. The Bertz CT molecular complexity index is 892. The van der Waals surface area contributed by atoms with Crippen LogP contribution >= 0.6 is 0 Å². The van der Waals surface area contributed by atoms with E-state index >= 15 is 0 Å². The molecule has 1 N–H and O–H groups in total. The summed E-state index contributed by atoms with van der Waals surface area (Å²) in [5.41, 5.74) is 2.81. The first-order chi connectivity index (χ1) is 13.5. The Kier molecular flexibility index (Phi) is 5.99.